The van der Waals surface area contributed by atoms with E-state index < -0.39 is 5.97 Å². The Labute approximate surface area is 147 Å². The van der Waals surface area contributed by atoms with Gasteiger partial charge in [0.05, 0.1) is 5.69 Å². The van der Waals surface area contributed by atoms with E-state index >= 15 is 0 Å². The topological polar surface area (TPSA) is 60.9 Å². The van der Waals surface area contributed by atoms with Crippen molar-refractivity contribution in [2.24, 2.45) is 0 Å². The number of rotatable bonds is 7. The first-order valence-corrected chi connectivity index (χ1v) is 9.16. The van der Waals surface area contributed by atoms with Gasteiger partial charge in [-0.05, 0) is 44.2 Å². The van der Waals surface area contributed by atoms with Crippen LogP contribution in [-0.2, 0) is 16.0 Å². The van der Waals surface area contributed by atoms with Crippen LogP contribution in [0.2, 0.25) is 0 Å². The molecule has 1 N–H and O–H groups in total. The van der Waals surface area contributed by atoms with Crippen LogP contribution in [0.3, 0.4) is 0 Å². The van der Waals surface area contributed by atoms with E-state index in [1.165, 1.54) is 0 Å². The first kappa shape index (κ1) is 17.7. The average Bonchev–Trinajstić information content (AvgIpc) is 3.23. The number of carbonyl (C=O) groups is 2. The number of hydrogen-bond donors (Lipinski definition) is 1. The molecule has 5 nitrogen and oxygen atoms in total. The quantitative estimate of drug-likeness (QED) is 0.768. The number of carboxylic acids is 1. The molecule has 1 saturated heterocycles. The zero-order valence-corrected chi connectivity index (χ0v) is 14.5. The minimum absolute atomic E-state index is 0.00652. The van der Waals surface area contributed by atoms with Crippen LogP contribution < -0.4 is 9.80 Å². The minimum Gasteiger partial charge on any atom is -0.481 e. The Morgan fingerprint density at radius 3 is 2.48 bits per heavy atom. The number of fused-ring (bicyclic) bond motifs is 1. The van der Waals surface area contributed by atoms with Crippen LogP contribution in [-0.4, -0.2) is 36.6 Å². The Morgan fingerprint density at radius 1 is 1.04 bits per heavy atom. The first-order chi connectivity index (χ1) is 12.1. The lowest BCUT2D eigenvalue weighted by molar-refractivity contribution is -0.137. The second-order valence-electron chi connectivity index (χ2n) is 6.87. The van der Waals surface area contributed by atoms with E-state index in [9.17, 15) is 14.0 Å². The van der Waals surface area contributed by atoms with Gasteiger partial charge in [0.25, 0.3) is 0 Å². The second kappa shape index (κ2) is 7.85. The molecule has 25 heavy (non-hydrogen) atoms. The zero-order chi connectivity index (χ0) is 17.8. The molecule has 0 aromatic heterocycles. The summed E-state index contributed by atoms with van der Waals surface area (Å²) in [4.78, 5) is 26.9. The highest BCUT2D eigenvalue weighted by Gasteiger charge is 2.28. The Balaban J connectivity index is 1.63. The fourth-order valence-corrected chi connectivity index (χ4v) is 3.72. The van der Waals surface area contributed by atoms with Crippen molar-refractivity contribution >= 4 is 23.3 Å². The molecule has 2 heterocycles. The van der Waals surface area contributed by atoms with Crippen molar-refractivity contribution in [3.05, 3.63) is 23.5 Å². The molecule has 1 amide bonds. The number of hydrogen-bond acceptors (Lipinski definition) is 3. The Kier molecular flexibility index (Phi) is 5.56. The average molecular weight is 348 g/mol. The lowest BCUT2D eigenvalue weighted by atomic mass is 10.1. The molecule has 0 atom stereocenters. The summed E-state index contributed by atoms with van der Waals surface area (Å²) in [7, 11) is 0. The summed E-state index contributed by atoms with van der Waals surface area (Å²) in [5.41, 5.74) is 2.23. The third-order valence-electron chi connectivity index (χ3n) is 5.09. The SMILES string of the molecule is O=C(O)CCCCCC(=O)N1CCc2c(F)cc(N3CCCC3)cc21. The van der Waals surface area contributed by atoms with Crippen LogP contribution in [0.5, 0.6) is 0 Å². The summed E-state index contributed by atoms with van der Waals surface area (Å²) in [5.74, 6) is -1.01. The van der Waals surface area contributed by atoms with E-state index in [1.54, 1.807) is 11.0 Å². The predicted octanol–water partition coefficient (Wildman–Crippen LogP) is 3.35. The van der Waals surface area contributed by atoms with Gasteiger partial charge in [0.2, 0.25) is 5.91 Å². The standard InChI is InChI=1S/C19H25FN2O3/c20-16-12-14(21-9-4-5-10-21)13-17-15(16)8-11-22(17)18(23)6-2-1-3-7-19(24)25/h12-13H,1-11H2,(H,24,25). The first-order valence-electron chi connectivity index (χ1n) is 9.16. The summed E-state index contributed by atoms with van der Waals surface area (Å²) >= 11 is 0. The highest BCUT2D eigenvalue weighted by Crippen LogP contribution is 2.36. The number of aliphatic carboxylic acids is 1. The molecular weight excluding hydrogens is 323 g/mol. The number of carboxylic acid groups (broad SMARTS) is 1. The van der Waals surface area contributed by atoms with Gasteiger partial charge in [-0.25, -0.2) is 4.39 Å². The zero-order valence-electron chi connectivity index (χ0n) is 14.5. The molecule has 0 bridgehead atoms. The van der Waals surface area contributed by atoms with Crippen LogP contribution in [0, 0.1) is 5.82 Å². The Hall–Kier alpha value is -2.11. The molecule has 1 aromatic carbocycles. The molecule has 0 unspecified atom stereocenters. The smallest absolute Gasteiger partial charge is 0.303 e. The maximum Gasteiger partial charge on any atom is 0.303 e. The highest BCUT2D eigenvalue weighted by atomic mass is 19.1. The predicted molar refractivity (Wildman–Crippen MR) is 94.6 cm³/mol. The van der Waals surface area contributed by atoms with Gasteiger partial charge in [0.1, 0.15) is 5.82 Å². The molecular formula is C19H25FN2O3. The number of nitrogens with zero attached hydrogens (tertiary/aromatic N) is 2. The Bertz CT molecular complexity index is 656. The van der Waals surface area contributed by atoms with E-state index in [1.807, 2.05) is 6.07 Å². The van der Waals surface area contributed by atoms with E-state index in [0.717, 1.165) is 43.7 Å². The summed E-state index contributed by atoms with van der Waals surface area (Å²) < 4.78 is 14.4. The van der Waals surface area contributed by atoms with Gasteiger partial charge in [0.15, 0.2) is 0 Å². The number of halogens is 1. The maximum atomic E-state index is 14.4. The van der Waals surface area contributed by atoms with Gasteiger partial charge in [-0.1, -0.05) is 6.42 Å². The molecule has 0 aliphatic carbocycles. The molecule has 136 valence electrons. The number of benzene rings is 1. The summed E-state index contributed by atoms with van der Waals surface area (Å²) in [5, 5.41) is 8.63. The molecule has 1 aromatic rings. The van der Waals surface area contributed by atoms with Crippen molar-refractivity contribution in [1.29, 1.82) is 0 Å². The molecule has 2 aliphatic heterocycles. The number of anilines is 2. The fraction of sp³-hybridized carbons (Fsp3) is 0.579. The third kappa shape index (κ3) is 4.11. The molecule has 1 fully saturated rings. The van der Waals surface area contributed by atoms with Gasteiger partial charge in [-0.15, -0.1) is 0 Å². The summed E-state index contributed by atoms with van der Waals surface area (Å²) in [6.07, 6.45) is 5.32. The van der Waals surface area contributed by atoms with Gasteiger partial charge in [0, 0.05) is 43.7 Å². The van der Waals surface area contributed by atoms with Crippen molar-refractivity contribution in [3.63, 3.8) is 0 Å². The van der Waals surface area contributed by atoms with Crippen LogP contribution in [0.15, 0.2) is 12.1 Å². The van der Waals surface area contributed by atoms with Gasteiger partial charge >= 0.3 is 5.97 Å². The number of carbonyl (C=O) groups excluding carboxylic acids is 1. The maximum absolute atomic E-state index is 14.4. The van der Waals surface area contributed by atoms with Crippen LogP contribution >= 0.6 is 0 Å². The fourth-order valence-electron chi connectivity index (χ4n) is 3.72. The number of amides is 1. The van der Waals surface area contributed by atoms with Gasteiger partial charge in [-0.3, -0.25) is 9.59 Å². The van der Waals surface area contributed by atoms with Crippen LogP contribution in [0.25, 0.3) is 0 Å². The molecule has 2 aliphatic rings. The van der Waals surface area contributed by atoms with Crippen molar-refractivity contribution in [3.8, 4) is 0 Å². The minimum atomic E-state index is -0.801. The van der Waals surface area contributed by atoms with Gasteiger partial charge in [-0.2, -0.15) is 0 Å². The van der Waals surface area contributed by atoms with Crippen molar-refractivity contribution in [2.45, 2.75) is 51.4 Å². The van der Waals surface area contributed by atoms with E-state index in [2.05, 4.69) is 4.90 Å². The molecule has 6 heteroatoms. The summed E-state index contributed by atoms with van der Waals surface area (Å²) in [6, 6.07) is 3.56. The van der Waals surface area contributed by atoms with Crippen LogP contribution in [0.1, 0.15) is 50.5 Å². The van der Waals surface area contributed by atoms with Crippen molar-refractivity contribution in [1.82, 2.24) is 0 Å². The van der Waals surface area contributed by atoms with E-state index in [-0.39, 0.29) is 18.1 Å². The van der Waals surface area contributed by atoms with Crippen molar-refractivity contribution < 1.29 is 19.1 Å². The normalized spacial score (nSPS) is 16.4. The largest absolute Gasteiger partial charge is 0.481 e. The molecule has 3 rings (SSSR count). The Morgan fingerprint density at radius 2 is 1.76 bits per heavy atom. The lowest BCUT2D eigenvalue weighted by Gasteiger charge is -2.22. The molecule has 0 saturated carbocycles. The molecule has 0 spiro atoms. The second-order valence-corrected chi connectivity index (χ2v) is 6.87. The monoisotopic (exact) mass is 348 g/mol. The number of unbranched alkanes of at least 4 members (excludes halogenated alkanes) is 2. The summed E-state index contributed by atoms with van der Waals surface area (Å²) in [6.45, 7) is 2.41. The lowest BCUT2D eigenvalue weighted by Crippen LogP contribution is -2.28. The van der Waals surface area contributed by atoms with Gasteiger partial charge < -0.3 is 14.9 Å². The molecule has 0 radical (unpaired) electrons. The van der Waals surface area contributed by atoms with E-state index in [4.69, 9.17) is 5.11 Å². The highest BCUT2D eigenvalue weighted by molar-refractivity contribution is 5.96. The third-order valence-corrected chi connectivity index (χ3v) is 5.09. The van der Waals surface area contributed by atoms with Crippen molar-refractivity contribution in [2.75, 3.05) is 29.4 Å². The van der Waals surface area contributed by atoms with E-state index in [0.29, 0.717) is 37.8 Å². The van der Waals surface area contributed by atoms with Crippen LogP contribution in [0.4, 0.5) is 15.8 Å².